The molecule has 0 amide bonds. The van der Waals surface area contributed by atoms with Gasteiger partial charge in [0.25, 0.3) is 0 Å². The van der Waals surface area contributed by atoms with Gasteiger partial charge in [-0.05, 0) is 39.8 Å². The van der Waals surface area contributed by atoms with Crippen molar-refractivity contribution >= 4 is 22.7 Å². The fourth-order valence-electron chi connectivity index (χ4n) is 3.75. The summed E-state index contributed by atoms with van der Waals surface area (Å²) in [5.41, 5.74) is 2.62. The van der Waals surface area contributed by atoms with Crippen molar-refractivity contribution in [3.05, 3.63) is 72.3 Å². The summed E-state index contributed by atoms with van der Waals surface area (Å²) < 4.78 is 0. The summed E-state index contributed by atoms with van der Waals surface area (Å²) in [6, 6.07) is 20.9. The van der Waals surface area contributed by atoms with Crippen LogP contribution in [0.2, 0.25) is 0 Å². The fraction of sp³-hybridized carbons (Fsp3) is 0.280. The first-order valence-electron chi connectivity index (χ1n) is 10.1. The molecule has 3 rings (SSSR count). The van der Waals surface area contributed by atoms with Gasteiger partial charge in [-0.15, -0.1) is 0 Å². The lowest BCUT2D eigenvalue weighted by molar-refractivity contribution is -0.142. The zero-order chi connectivity index (χ0) is 21.7. The molecule has 30 heavy (non-hydrogen) atoms. The lowest BCUT2D eigenvalue weighted by atomic mass is 9.92. The average molecular weight is 405 g/mol. The van der Waals surface area contributed by atoms with Crippen molar-refractivity contribution in [3.8, 4) is 11.1 Å². The van der Waals surface area contributed by atoms with Crippen LogP contribution >= 0.6 is 0 Å². The Morgan fingerprint density at radius 2 is 1.60 bits per heavy atom. The van der Waals surface area contributed by atoms with Crippen LogP contribution in [0.25, 0.3) is 21.9 Å². The third-order valence-electron chi connectivity index (χ3n) is 5.26. The van der Waals surface area contributed by atoms with Crippen LogP contribution < -0.4 is 5.32 Å². The second-order valence-electron chi connectivity index (χ2n) is 7.97. The van der Waals surface area contributed by atoms with Crippen molar-refractivity contribution in [2.24, 2.45) is 5.92 Å². The molecule has 2 atom stereocenters. The maximum Gasteiger partial charge on any atom is 0.320 e. The molecule has 0 aliphatic carbocycles. The largest absolute Gasteiger partial charge is 0.481 e. The van der Waals surface area contributed by atoms with Gasteiger partial charge in [-0.3, -0.25) is 9.59 Å². The molecule has 0 saturated heterocycles. The van der Waals surface area contributed by atoms with E-state index in [1.54, 1.807) is 6.07 Å². The maximum atomic E-state index is 12.0. The van der Waals surface area contributed by atoms with Crippen molar-refractivity contribution in [1.29, 1.82) is 0 Å². The molecule has 5 heteroatoms. The van der Waals surface area contributed by atoms with Crippen LogP contribution in [0.1, 0.15) is 31.7 Å². The predicted octanol–water partition coefficient (Wildman–Crippen LogP) is 4.76. The second-order valence-corrected chi connectivity index (χ2v) is 7.97. The highest BCUT2D eigenvalue weighted by Gasteiger charge is 2.25. The zero-order valence-corrected chi connectivity index (χ0v) is 17.2. The first kappa shape index (κ1) is 21.5. The van der Waals surface area contributed by atoms with Gasteiger partial charge in [0.1, 0.15) is 6.04 Å². The molecule has 0 radical (unpaired) electrons. The Morgan fingerprint density at radius 1 is 0.900 bits per heavy atom. The van der Waals surface area contributed by atoms with Gasteiger partial charge in [-0.2, -0.15) is 0 Å². The first-order valence-corrected chi connectivity index (χ1v) is 10.1. The average Bonchev–Trinajstić information content (AvgIpc) is 2.72. The van der Waals surface area contributed by atoms with Gasteiger partial charge in [0, 0.05) is 6.54 Å². The van der Waals surface area contributed by atoms with E-state index in [0.717, 1.165) is 21.9 Å². The summed E-state index contributed by atoms with van der Waals surface area (Å²) in [5.74, 6) is -2.59. The van der Waals surface area contributed by atoms with E-state index in [-0.39, 0.29) is 12.5 Å². The Kier molecular flexibility index (Phi) is 6.85. The molecule has 2 unspecified atom stereocenters. The van der Waals surface area contributed by atoms with Gasteiger partial charge in [-0.25, -0.2) is 0 Å². The molecule has 0 heterocycles. The monoisotopic (exact) mass is 405 g/mol. The van der Waals surface area contributed by atoms with Gasteiger partial charge in [0.2, 0.25) is 0 Å². The van der Waals surface area contributed by atoms with E-state index in [2.05, 4.69) is 11.4 Å². The molecule has 0 saturated carbocycles. The Bertz CT molecular complexity index is 1040. The lowest BCUT2D eigenvalue weighted by Gasteiger charge is -2.20. The van der Waals surface area contributed by atoms with Gasteiger partial charge in [0.15, 0.2) is 0 Å². The molecule has 0 aliphatic heterocycles. The number of carboxylic acid groups (broad SMARTS) is 2. The van der Waals surface area contributed by atoms with Gasteiger partial charge < -0.3 is 15.5 Å². The molecule has 0 spiro atoms. The fourth-order valence-corrected chi connectivity index (χ4v) is 3.75. The molecule has 0 bridgehead atoms. The normalized spacial score (nSPS) is 13.3. The van der Waals surface area contributed by atoms with E-state index in [0.29, 0.717) is 12.0 Å². The summed E-state index contributed by atoms with van der Waals surface area (Å²) in [7, 11) is 0. The van der Waals surface area contributed by atoms with Crippen molar-refractivity contribution < 1.29 is 19.8 Å². The lowest BCUT2D eigenvalue weighted by Crippen LogP contribution is -2.41. The summed E-state index contributed by atoms with van der Waals surface area (Å²) in [4.78, 5) is 23.5. The van der Waals surface area contributed by atoms with Gasteiger partial charge in [0.05, 0.1) is 5.92 Å². The van der Waals surface area contributed by atoms with E-state index in [4.69, 9.17) is 0 Å². The van der Waals surface area contributed by atoms with Crippen LogP contribution in [0.5, 0.6) is 0 Å². The highest BCUT2D eigenvalue weighted by Crippen LogP contribution is 2.30. The number of rotatable bonds is 9. The number of hydrogen-bond acceptors (Lipinski definition) is 3. The second kappa shape index (κ2) is 9.55. The van der Waals surface area contributed by atoms with E-state index >= 15 is 0 Å². The van der Waals surface area contributed by atoms with Crippen LogP contribution in [0.4, 0.5) is 0 Å². The number of fused-ring (bicyclic) bond motifs is 1. The molecule has 5 nitrogen and oxygen atoms in total. The number of carbonyl (C=O) groups is 2. The minimum absolute atomic E-state index is 0.0536. The zero-order valence-electron chi connectivity index (χ0n) is 17.2. The highest BCUT2D eigenvalue weighted by atomic mass is 16.4. The third kappa shape index (κ3) is 5.05. The molecule has 156 valence electrons. The quantitative estimate of drug-likeness (QED) is 0.478. The van der Waals surface area contributed by atoms with Crippen LogP contribution in [-0.4, -0.2) is 34.7 Å². The van der Waals surface area contributed by atoms with Gasteiger partial charge >= 0.3 is 11.9 Å². The third-order valence-corrected chi connectivity index (χ3v) is 5.26. The number of carboxylic acids is 2. The Morgan fingerprint density at radius 3 is 2.30 bits per heavy atom. The summed E-state index contributed by atoms with van der Waals surface area (Å²) in [5, 5.41) is 24.4. The van der Waals surface area contributed by atoms with E-state index in [9.17, 15) is 19.8 Å². The highest BCUT2D eigenvalue weighted by molar-refractivity contribution is 5.96. The van der Waals surface area contributed by atoms with Crippen molar-refractivity contribution in [1.82, 2.24) is 5.32 Å². The molecule has 3 aromatic carbocycles. The molecule has 0 aromatic heterocycles. The number of aliphatic carboxylic acids is 2. The number of nitrogens with one attached hydrogen (secondary N) is 1. The molecule has 0 aliphatic rings. The number of hydrogen-bond donors (Lipinski definition) is 3. The molecule has 3 N–H and O–H groups in total. The van der Waals surface area contributed by atoms with Crippen molar-refractivity contribution in [3.63, 3.8) is 0 Å². The topological polar surface area (TPSA) is 86.6 Å². The Balaban J connectivity index is 1.90. The number of benzene rings is 3. The van der Waals surface area contributed by atoms with Crippen LogP contribution in [0.3, 0.4) is 0 Å². The van der Waals surface area contributed by atoms with E-state index < -0.39 is 23.9 Å². The van der Waals surface area contributed by atoms with Crippen molar-refractivity contribution in [2.75, 3.05) is 6.54 Å². The van der Waals surface area contributed by atoms with Crippen LogP contribution in [-0.2, 0) is 9.59 Å². The molecule has 0 fully saturated rings. The van der Waals surface area contributed by atoms with E-state index in [1.165, 1.54) is 0 Å². The minimum Gasteiger partial charge on any atom is -0.481 e. The maximum absolute atomic E-state index is 12.0. The predicted molar refractivity (Wildman–Crippen MR) is 119 cm³/mol. The Hall–Kier alpha value is -3.18. The van der Waals surface area contributed by atoms with Crippen LogP contribution in [0, 0.1) is 5.92 Å². The molecular weight excluding hydrogens is 378 g/mol. The van der Waals surface area contributed by atoms with E-state index in [1.807, 2.05) is 68.4 Å². The van der Waals surface area contributed by atoms with Gasteiger partial charge in [-0.1, -0.05) is 80.6 Å². The Labute approximate surface area is 176 Å². The first-order chi connectivity index (χ1) is 14.4. The summed E-state index contributed by atoms with van der Waals surface area (Å²) >= 11 is 0. The minimum atomic E-state index is -0.980. The molecule has 3 aromatic rings. The van der Waals surface area contributed by atoms with Crippen molar-refractivity contribution in [2.45, 2.75) is 32.2 Å². The molecular formula is C25H27NO4. The summed E-state index contributed by atoms with van der Waals surface area (Å²) in [6.07, 6.45) is 0.442. The smallest absolute Gasteiger partial charge is 0.320 e. The summed E-state index contributed by atoms with van der Waals surface area (Å²) in [6.45, 7) is 3.94. The van der Waals surface area contributed by atoms with Crippen LogP contribution in [0.15, 0.2) is 66.7 Å². The standard InChI is InChI=1S/C25H27NO4/c1-16(2)13-23(25(29)30)26-15-22(24(27)28)19-10-5-9-18(14-19)21-12-6-8-17-7-3-4-11-20(17)21/h3-12,14,16,22-23,26H,13,15H2,1-2H3,(H,27,28)(H,29,30). The SMILES string of the molecule is CC(C)CC(NCC(C(=O)O)c1cccc(-c2cccc3ccccc23)c1)C(=O)O.